The highest BCUT2D eigenvalue weighted by Crippen LogP contribution is 2.39. The summed E-state index contributed by atoms with van der Waals surface area (Å²) >= 11 is 0. The number of ether oxygens (including phenoxy) is 2. The zero-order valence-electron chi connectivity index (χ0n) is 30.0. The molecule has 1 saturated heterocycles. The molecule has 3 N–H and O–H groups in total. The molecule has 0 spiro atoms. The fourth-order valence-corrected chi connectivity index (χ4v) is 6.81. The molecule has 1 heterocycles. The highest BCUT2D eigenvalue weighted by molar-refractivity contribution is 5.76. The molecule has 1 aliphatic rings. The van der Waals surface area contributed by atoms with Gasteiger partial charge in [-0.25, -0.2) is 0 Å². The maximum Gasteiger partial charge on any atom is 0.303 e. The molecule has 6 rings (SSSR count). The van der Waals surface area contributed by atoms with Gasteiger partial charge in [-0.1, -0.05) is 133 Å². The number of rotatable bonds is 17. The maximum atomic E-state index is 12.5. The molecular weight excluding hydrogens is 665 g/mol. The van der Waals surface area contributed by atoms with Gasteiger partial charge in [-0.2, -0.15) is 0 Å². The standard InChI is InChI=1S/C45H48N2O6/c48-32-35-19-21-37(22-20-35)42-27-40(31-47(29-33-11-3-1-4-12-33)30-34-13-5-2-6-14-34)52-45(53-42)38-25-23-36(24-26-38)41-16-8-7-15-39(41)28-46-43(49)17-9-10-18-44(50)51/h1-8,11-16,19-26,40,42,45,48H,9-10,17-18,27-32H2,(H,46,49)(H,50,51). The number of carboxylic acids is 1. The molecule has 274 valence electrons. The predicted octanol–water partition coefficient (Wildman–Crippen LogP) is 8.35. The first-order chi connectivity index (χ1) is 25.9. The van der Waals surface area contributed by atoms with Crippen molar-refractivity contribution in [2.75, 3.05) is 6.54 Å². The molecule has 5 aromatic rings. The van der Waals surface area contributed by atoms with E-state index in [0.717, 1.165) is 46.5 Å². The fourth-order valence-electron chi connectivity index (χ4n) is 6.81. The highest BCUT2D eigenvalue weighted by atomic mass is 16.7. The number of nitrogens with zero attached hydrogens (tertiary/aromatic N) is 1. The average Bonchev–Trinajstić information content (AvgIpc) is 3.19. The minimum atomic E-state index is -0.843. The zero-order chi connectivity index (χ0) is 36.8. The SMILES string of the molecule is O=C(O)CCCCC(=O)NCc1ccccc1-c1ccc(C2OC(CN(Cc3ccccc3)Cc3ccccc3)CC(c3ccc(CO)cc3)O2)cc1. The summed E-state index contributed by atoms with van der Waals surface area (Å²) in [5.74, 6) is -0.933. The first-order valence-corrected chi connectivity index (χ1v) is 18.4. The van der Waals surface area contributed by atoms with Crippen molar-refractivity contribution in [1.29, 1.82) is 0 Å². The molecule has 0 bridgehead atoms. The third-order valence-electron chi connectivity index (χ3n) is 9.61. The smallest absolute Gasteiger partial charge is 0.303 e. The number of hydrogen-bond acceptors (Lipinski definition) is 6. The number of aliphatic hydroxyl groups excluding tert-OH is 1. The van der Waals surface area contributed by atoms with Gasteiger partial charge in [0.2, 0.25) is 5.91 Å². The van der Waals surface area contributed by atoms with Gasteiger partial charge in [-0.3, -0.25) is 14.5 Å². The predicted molar refractivity (Wildman–Crippen MR) is 205 cm³/mol. The Morgan fingerprint density at radius 2 is 1.28 bits per heavy atom. The van der Waals surface area contributed by atoms with Crippen LogP contribution in [0, 0.1) is 0 Å². The van der Waals surface area contributed by atoms with E-state index in [9.17, 15) is 14.7 Å². The summed E-state index contributed by atoms with van der Waals surface area (Å²) in [5.41, 5.74) is 8.34. The minimum Gasteiger partial charge on any atom is -0.481 e. The second-order valence-corrected chi connectivity index (χ2v) is 13.6. The Labute approximate surface area is 312 Å². The van der Waals surface area contributed by atoms with Gasteiger partial charge in [0.15, 0.2) is 6.29 Å². The molecule has 8 nitrogen and oxygen atoms in total. The van der Waals surface area contributed by atoms with E-state index in [1.54, 1.807) is 0 Å². The van der Waals surface area contributed by atoms with Gasteiger partial charge in [0.25, 0.3) is 0 Å². The Morgan fingerprint density at radius 3 is 1.92 bits per heavy atom. The molecule has 8 heteroatoms. The Balaban J connectivity index is 1.19. The van der Waals surface area contributed by atoms with E-state index in [-0.39, 0.29) is 31.1 Å². The number of nitrogens with one attached hydrogen (secondary N) is 1. The van der Waals surface area contributed by atoms with Crippen molar-refractivity contribution >= 4 is 11.9 Å². The van der Waals surface area contributed by atoms with Crippen LogP contribution in [0.1, 0.15) is 77.9 Å². The molecule has 1 fully saturated rings. The second kappa shape index (κ2) is 19.1. The molecule has 53 heavy (non-hydrogen) atoms. The molecule has 0 aromatic heterocycles. The van der Waals surface area contributed by atoms with Gasteiger partial charge < -0.3 is 25.0 Å². The van der Waals surface area contributed by atoms with Crippen LogP contribution in [-0.2, 0) is 45.3 Å². The van der Waals surface area contributed by atoms with E-state index in [4.69, 9.17) is 14.6 Å². The van der Waals surface area contributed by atoms with Crippen molar-refractivity contribution in [1.82, 2.24) is 10.2 Å². The Morgan fingerprint density at radius 1 is 0.679 bits per heavy atom. The van der Waals surface area contributed by atoms with Crippen LogP contribution >= 0.6 is 0 Å². The van der Waals surface area contributed by atoms with Crippen LogP contribution in [0.5, 0.6) is 0 Å². The van der Waals surface area contributed by atoms with E-state index in [1.165, 1.54) is 11.1 Å². The molecular formula is C45H48N2O6. The number of hydrogen-bond donors (Lipinski definition) is 3. The van der Waals surface area contributed by atoms with Crippen LogP contribution in [0.3, 0.4) is 0 Å². The van der Waals surface area contributed by atoms with Crippen molar-refractivity contribution in [2.24, 2.45) is 0 Å². The number of aliphatic carboxylic acids is 1. The third-order valence-corrected chi connectivity index (χ3v) is 9.61. The van der Waals surface area contributed by atoms with Gasteiger partial charge in [-0.15, -0.1) is 0 Å². The van der Waals surface area contributed by atoms with Crippen LogP contribution < -0.4 is 5.32 Å². The number of carbonyl (C=O) groups is 2. The van der Waals surface area contributed by atoms with Gasteiger partial charge in [0, 0.05) is 51.0 Å². The van der Waals surface area contributed by atoms with Crippen molar-refractivity contribution in [3.63, 3.8) is 0 Å². The minimum absolute atomic E-state index is 0.00938. The second-order valence-electron chi connectivity index (χ2n) is 13.6. The first kappa shape index (κ1) is 37.6. The number of amides is 1. The van der Waals surface area contributed by atoms with Gasteiger partial charge in [0.05, 0.1) is 18.8 Å². The summed E-state index contributed by atoms with van der Waals surface area (Å²) in [6, 6.07) is 45.3. The monoisotopic (exact) mass is 712 g/mol. The fraction of sp³-hybridized carbons (Fsp3) is 0.289. The molecule has 5 aromatic carbocycles. The van der Waals surface area contributed by atoms with Crippen LogP contribution in [0.25, 0.3) is 11.1 Å². The molecule has 1 aliphatic heterocycles. The summed E-state index contributed by atoms with van der Waals surface area (Å²) in [7, 11) is 0. The van der Waals surface area contributed by atoms with E-state index >= 15 is 0 Å². The number of benzene rings is 5. The zero-order valence-corrected chi connectivity index (χ0v) is 30.0. The lowest BCUT2D eigenvalue weighted by Crippen LogP contribution is -2.39. The normalized spacial score (nSPS) is 17.1. The van der Waals surface area contributed by atoms with Crippen LogP contribution in [-0.4, -0.2) is 39.6 Å². The van der Waals surface area contributed by atoms with E-state index in [1.807, 2.05) is 60.7 Å². The summed E-state index contributed by atoms with van der Waals surface area (Å²) in [6.07, 6.45) is 1.19. The van der Waals surface area contributed by atoms with Crippen molar-refractivity contribution in [3.8, 4) is 11.1 Å². The van der Waals surface area contributed by atoms with Crippen LogP contribution in [0.4, 0.5) is 0 Å². The first-order valence-electron chi connectivity index (χ1n) is 18.4. The number of carbonyl (C=O) groups excluding carboxylic acids is 1. The lowest BCUT2D eigenvalue weighted by molar-refractivity contribution is -0.253. The van der Waals surface area contributed by atoms with Crippen molar-refractivity contribution < 1.29 is 29.3 Å². The van der Waals surface area contributed by atoms with Crippen LogP contribution in [0.15, 0.2) is 133 Å². The molecule has 3 unspecified atom stereocenters. The Kier molecular flexibility index (Phi) is 13.6. The van der Waals surface area contributed by atoms with Crippen molar-refractivity contribution in [3.05, 3.63) is 167 Å². The lowest BCUT2D eigenvalue weighted by Gasteiger charge is -2.38. The molecule has 0 radical (unpaired) electrons. The number of aliphatic hydroxyl groups is 1. The number of carboxylic acid groups (broad SMARTS) is 1. The topological polar surface area (TPSA) is 108 Å². The van der Waals surface area contributed by atoms with Gasteiger partial charge >= 0.3 is 5.97 Å². The average molecular weight is 713 g/mol. The van der Waals surface area contributed by atoms with Crippen LogP contribution in [0.2, 0.25) is 0 Å². The van der Waals surface area contributed by atoms with Gasteiger partial charge in [-0.05, 0) is 51.8 Å². The number of unbranched alkanes of at least 4 members (excludes halogenated alkanes) is 1. The summed E-state index contributed by atoms with van der Waals surface area (Å²) in [4.78, 5) is 25.7. The molecule has 0 saturated carbocycles. The Bertz CT molecular complexity index is 1840. The van der Waals surface area contributed by atoms with E-state index in [2.05, 4.69) is 83.0 Å². The lowest BCUT2D eigenvalue weighted by atomic mass is 9.97. The Hall–Kier alpha value is -5.12. The van der Waals surface area contributed by atoms with E-state index in [0.29, 0.717) is 38.8 Å². The molecule has 1 amide bonds. The largest absolute Gasteiger partial charge is 0.481 e. The summed E-state index contributed by atoms with van der Waals surface area (Å²) in [6.45, 7) is 2.66. The van der Waals surface area contributed by atoms with Gasteiger partial charge in [0.1, 0.15) is 0 Å². The van der Waals surface area contributed by atoms with Crippen molar-refractivity contribution in [2.45, 2.75) is 76.8 Å². The van der Waals surface area contributed by atoms with E-state index < -0.39 is 12.3 Å². The third kappa shape index (κ3) is 11.2. The molecule has 0 aliphatic carbocycles. The highest BCUT2D eigenvalue weighted by Gasteiger charge is 2.33. The summed E-state index contributed by atoms with van der Waals surface area (Å²) < 4.78 is 13.5. The molecule has 3 atom stereocenters. The quantitative estimate of drug-likeness (QED) is 0.0832. The summed E-state index contributed by atoms with van der Waals surface area (Å²) in [5, 5.41) is 21.5. The maximum absolute atomic E-state index is 12.5.